The molecule has 0 aliphatic carbocycles. The maximum absolute atomic E-state index is 8.25. The predicted octanol–water partition coefficient (Wildman–Crippen LogP) is 4.37. The Balaban J connectivity index is 3.03. The van der Waals surface area contributed by atoms with Crippen LogP contribution in [0.3, 0.4) is 0 Å². The van der Waals surface area contributed by atoms with Crippen LogP contribution >= 0.6 is 0 Å². The minimum absolute atomic E-state index is 1.05. The predicted molar refractivity (Wildman–Crippen MR) is 61.9 cm³/mol. The third kappa shape index (κ3) is 11.0. The Kier molecular flexibility index (Phi) is 11.1. The molecule has 0 fully saturated rings. The van der Waals surface area contributed by atoms with Gasteiger partial charge in [-0.1, -0.05) is 38.0 Å². The van der Waals surface area contributed by atoms with Crippen LogP contribution in [0.4, 0.5) is 0 Å². The fourth-order valence-electron chi connectivity index (χ4n) is 1.30. The highest BCUT2D eigenvalue weighted by atomic mass is 14.2. The van der Waals surface area contributed by atoms with Gasteiger partial charge >= 0.3 is 0 Å². The van der Waals surface area contributed by atoms with E-state index in [0.717, 1.165) is 12.8 Å². The summed E-state index contributed by atoms with van der Waals surface area (Å²) in [5.74, 6) is 0. The van der Waals surface area contributed by atoms with Gasteiger partial charge in [0.25, 0.3) is 0 Å². The summed E-state index contributed by atoms with van der Waals surface area (Å²) >= 11 is 0. The molecule has 0 N–H and O–H groups in total. The maximum atomic E-state index is 8.25. The Morgan fingerprint density at radius 2 is 1.57 bits per heavy atom. The summed E-state index contributed by atoms with van der Waals surface area (Å²) in [6, 6.07) is 2.00. The summed E-state index contributed by atoms with van der Waals surface area (Å²) in [6.07, 6.45) is 16.6. The zero-order valence-corrected chi connectivity index (χ0v) is 9.21. The third-order valence-corrected chi connectivity index (χ3v) is 2.09. The van der Waals surface area contributed by atoms with Gasteiger partial charge in [0.1, 0.15) is 0 Å². The van der Waals surface area contributed by atoms with Crippen LogP contribution in [0, 0.1) is 11.3 Å². The van der Waals surface area contributed by atoms with E-state index in [9.17, 15) is 0 Å². The summed E-state index contributed by atoms with van der Waals surface area (Å²) in [4.78, 5) is 0. The minimum atomic E-state index is 1.05. The largest absolute Gasteiger partial charge is 0.193 e. The van der Waals surface area contributed by atoms with E-state index in [0.29, 0.717) is 0 Å². The van der Waals surface area contributed by atoms with Gasteiger partial charge in [-0.3, -0.25) is 0 Å². The molecular weight excluding hydrogens is 170 g/mol. The first-order valence-electron chi connectivity index (χ1n) is 5.61. The van der Waals surface area contributed by atoms with Crippen molar-refractivity contribution in [3.8, 4) is 6.07 Å². The van der Waals surface area contributed by atoms with Crippen LogP contribution in [0.25, 0.3) is 0 Å². The lowest BCUT2D eigenvalue weighted by molar-refractivity contribution is 0.652. The van der Waals surface area contributed by atoms with Crippen LogP contribution < -0.4 is 0 Å². The van der Waals surface area contributed by atoms with Crippen molar-refractivity contribution in [3.63, 3.8) is 0 Å². The van der Waals surface area contributed by atoms with E-state index in [2.05, 4.69) is 19.1 Å². The van der Waals surface area contributed by atoms with Gasteiger partial charge in [0.15, 0.2) is 0 Å². The average Bonchev–Trinajstić information content (AvgIpc) is 2.21. The summed E-state index contributed by atoms with van der Waals surface area (Å²) in [6.45, 7) is 2.16. The molecule has 1 heteroatoms. The topological polar surface area (TPSA) is 23.8 Å². The van der Waals surface area contributed by atoms with Crippen LogP contribution in [-0.2, 0) is 0 Å². The normalized spacial score (nSPS) is 11.1. The number of nitriles is 1. The van der Waals surface area contributed by atoms with Gasteiger partial charge in [0, 0.05) is 6.08 Å². The monoisotopic (exact) mass is 191 g/mol. The molecule has 0 amide bonds. The molecule has 0 aliphatic heterocycles. The van der Waals surface area contributed by atoms with Crippen LogP contribution in [0.15, 0.2) is 24.3 Å². The van der Waals surface area contributed by atoms with Crippen molar-refractivity contribution in [1.82, 2.24) is 0 Å². The number of hydrogen-bond acceptors (Lipinski definition) is 1. The van der Waals surface area contributed by atoms with Crippen molar-refractivity contribution >= 4 is 0 Å². The summed E-state index contributed by atoms with van der Waals surface area (Å²) in [5, 5.41) is 8.25. The number of hydrogen-bond donors (Lipinski definition) is 0. The van der Waals surface area contributed by atoms with Crippen molar-refractivity contribution in [1.29, 1.82) is 5.26 Å². The maximum Gasteiger partial charge on any atom is 0.0908 e. The van der Waals surface area contributed by atoms with Crippen LogP contribution in [0.1, 0.15) is 51.9 Å². The molecule has 0 aromatic carbocycles. The Morgan fingerprint density at radius 1 is 0.929 bits per heavy atom. The molecule has 14 heavy (non-hydrogen) atoms. The summed E-state index contributed by atoms with van der Waals surface area (Å²) < 4.78 is 0. The van der Waals surface area contributed by atoms with Crippen LogP contribution in [0.5, 0.6) is 0 Å². The second-order valence-corrected chi connectivity index (χ2v) is 3.40. The smallest absolute Gasteiger partial charge is 0.0908 e. The first-order chi connectivity index (χ1) is 6.91. The molecule has 78 valence electrons. The van der Waals surface area contributed by atoms with Crippen molar-refractivity contribution in [2.45, 2.75) is 51.9 Å². The second-order valence-electron chi connectivity index (χ2n) is 3.40. The first kappa shape index (κ1) is 13.0. The molecule has 0 saturated heterocycles. The molecule has 0 saturated carbocycles. The lowest BCUT2D eigenvalue weighted by atomic mass is 10.1. The fraction of sp³-hybridized carbons (Fsp3) is 0.615. The Bertz CT molecular complexity index is 196. The van der Waals surface area contributed by atoms with Gasteiger partial charge < -0.3 is 0 Å². The van der Waals surface area contributed by atoms with Gasteiger partial charge in [-0.25, -0.2) is 0 Å². The molecule has 1 nitrogen and oxygen atoms in total. The Morgan fingerprint density at radius 3 is 2.14 bits per heavy atom. The molecule has 0 aromatic heterocycles. The summed E-state index contributed by atoms with van der Waals surface area (Å²) in [7, 11) is 0. The van der Waals surface area contributed by atoms with Crippen molar-refractivity contribution in [2.75, 3.05) is 0 Å². The summed E-state index contributed by atoms with van der Waals surface area (Å²) in [5.41, 5.74) is 0. The van der Waals surface area contributed by atoms with Gasteiger partial charge in [-0.05, 0) is 32.1 Å². The molecule has 0 rings (SSSR count). The van der Waals surface area contributed by atoms with Gasteiger partial charge in [0.05, 0.1) is 6.07 Å². The molecule has 0 radical (unpaired) electrons. The highest BCUT2D eigenvalue weighted by Crippen LogP contribution is 2.06. The third-order valence-electron chi connectivity index (χ3n) is 2.09. The molecule has 0 unspecified atom stereocenters. The number of rotatable bonds is 8. The zero-order chi connectivity index (χ0) is 10.5. The SMILES string of the molecule is CC/C=C\CCCCCC/C=C/C#N. The standard InChI is InChI=1S/C13H21N/c1-2-3-4-5-6-7-8-9-10-11-12-13-14/h3-4,11-12H,2,5-10H2,1H3/b4-3-,12-11+. The number of nitrogens with zero attached hydrogens (tertiary/aromatic N) is 1. The molecule has 0 aliphatic rings. The van der Waals surface area contributed by atoms with Crippen LogP contribution in [-0.4, -0.2) is 0 Å². The first-order valence-corrected chi connectivity index (χ1v) is 5.61. The van der Waals surface area contributed by atoms with Crippen molar-refractivity contribution in [3.05, 3.63) is 24.3 Å². The Hall–Kier alpha value is -1.03. The van der Waals surface area contributed by atoms with E-state index < -0.39 is 0 Å². The molecule has 0 atom stereocenters. The quantitative estimate of drug-likeness (QED) is 0.317. The molecular formula is C13H21N. The highest BCUT2D eigenvalue weighted by molar-refractivity contribution is 5.01. The van der Waals surface area contributed by atoms with E-state index in [1.54, 1.807) is 6.08 Å². The molecule has 0 spiro atoms. The number of unbranched alkanes of at least 4 members (excludes halogenated alkanes) is 5. The van der Waals surface area contributed by atoms with Crippen molar-refractivity contribution < 1.29 is 0 Å². The van der Waals surface area contributed by atoms with Crippen molar-refractivity contribution in [2.24, 2.45) is 0 Å². The molecule has 0 bridgehead atoms. The Labute approximate surface area is 88.1 Å². The van der Waals surface area contributed by atoms with Crippen LogP contribution in [0.2, 0.25) is 0 Å². The minimum Gasteiger partial charge on any atom is -0.193 e. The van der Waals surface area contributed by atoms with E-state index in [-0.39, 0.29) is 0 Å². The van der Waals surface area contributed by atoms with E-state index in [4.69, 9.17) is 5.26 Å². The van der Waals surface area contributed by atoms with E-state index in [1.807, 2.05) is 12.1 Å². The zero-order valence-electron chi connectivity index (χ0n) is 9.21. The van der Waals surface area contributed by atoms with Gasteiger partial charge in [-0.2, -0.15) is 5.26 Å². The second kappa shape index (κ2) is 12.0. The fourth-order valence-corrected chi connectivity index (χ4v) is 1.30. The lowest BCUT2D eigenvalue weighted by Gasteiger charge is -1.96. The lowest BCUT2D eigenvalue weighted by Crippen LogP contribution is -1.76. The number of allylic oxidation sites excluding steroid dienone is 4. The van der Waals surface area contributed by atoms with E-state index in [1.165, 1.54) is 32.1 Å². The average molecular weight is 191 g/mol. The van der Waals surface area contributed by atoms with E-state index >= 15 is 0 Å². The molecule has 0 aromatic rings. The molecule has 0 heterocycles. The van der Waals surface area contributed by atoms with Gasteiger partial charge in [-0.15, -0.1) is 0 Å². The highest BCUT2D eigenvalue weighted by Gasteiger charge is 1.86. The van der Waals surface area contributed by atoms with Gasteiger partial charge in [0.2, 0.25) is 0 Å².